The van der Waals surface area contributed by atoms with Gasteiger partial charge >= 0.3 is 17.1 Å². The number of benzene rings is 4. The Morgan fingerprint density at radius 1 is 0.337 bits per heavy atom. The van der Waals surface area contributed by atoms with Crippen LogP contribution < -0.4 is 15.7 Å². The second-order valence-electron chi connectivity index (χ2n) is 31.9. The summed E-state index contributed by atoms with van der Waals surface area (Å²) in [5, 5.41) is 13.1. The number of aliphatic imine (C=N–C) groups is 3. The monoisotopic (exact) mass is 1150 g/mol. The van der Waals surface area contributed by atoms with E-state index < -0.39 is 0 Å². The third-order valence-electron chi connectivity index (χ3n) is 16.7. The molecule has 4 aliphatic rings. The van der Waals surface area contributed by atoms with E-state index in [0.29, 0.717) is 17.0 Å². The molecule has 0 aliphatic carbocycles. The van der Waals surface area contributed by atoms with Gasteiger partial charge in [-0.2, -0.15) is 0 Å². The van der Waals surface area contributed by atoms with Crippen molar-refractivity contribution < 1.29 is 17.1 Å². The van der Waals surface area contributed by atoms with Gasteiger partial charge in [-0.1, -0.05) is 251 Å². The van der Waals surface area contributed by atoms with Crippen LogP contribution in [0.4, 0.5) is 0 Å². The van der Waals surface area contributed by atoms with E-state index in [4.69, 9.17) is 20.0 Å². The number of nitrogens with zero attached hydrogens (tertiary/aromatic N) is 5. The van der Waals surface area contributed by atoms with Gasteiger partial charge in [0, 0.05) is 16.7 Å². The number of allylic oxidation sites excluding steroid dienone is 8. The maximum absolute atomic E-state index is 11.6. The minimum atomic E-state index is -0.184. The van der Waals surface area contributed by atoms with Gasteiger partial charge in [-0.15, -0.1) is 10.7 Å². The topological polar surface area (TPSA) is 73.5 Å². The smallest absolute Gasteiger partial charge is 0.763 e. The molecule has 0 amide bonds. The molecule has 0 fully saturated rings. The fourth-order valence-corrected chi connectivity index (χ4v) is 11.0. The molecule has 9 rings (SSSR count). The molecule has 5 aromatic rings. The Bertz CT molecular complexity index is 3820. The fraction of sp³-hybridized carbons (Fsp3) is 0.416. The Morgan fingerprint density at radius 3 is 0.940 bits per heavy atom. The first kappa shape index (κ1) is 62.6. The summed E-state index contributed by atoms with van der Waals surface area (Å²) >= 11 is 0. The predicted octanol–water partition coefficient (Wildman–Crippen LogP) is 17.8. The molecule has 5 heterocycles. The van der Waals surface area contributed by atoms with Gasteiger partial charge in [0.15, 0.2) is 0 Å². The molecule has 5 nitrogen and oxygen atoms in total. The summed E-state index contributed by atoms with van der Waals surface area (Å²) < 4.78 is 0. The van der Waals surface area contributed by atoms with Crippen LogP contribution >= 0.6 is 0 Å². The zero-order valence-corrected chi connectivity index (χ0v) is 55.4. The Balaban J connectivity index is 0.00000900. The molecule has 4 aromatic carbocycles. The van der Waals surface area contributed by atoms with E-state index in [1.54, 1.807) is 0 Å². The van der Waals surface area contributed by atoms with Gasteiger partial charge in [0.05, 0.1) is 34.2 Å². The van der Waals surface area contributed by atoms with Crippen molar-refractivity contribution >= 4 is 45.3 Å². The minimum Gasteiger partial charge on any atom is -0.763 e. The van der Waals surface area contributed by atoms with Crippen molar-refractivity contribution in [1.82, 2.24) is 4.98 Å². The molecule has 8 bridgehead atoms. The maximum Gasteiger partial charge on any atom is 2.00 e. The van der Waals surface area contributed by atoms with Gasteiger partial charge in [0.1, 0.15) is 0 Å². The molecule has 4 aliphatic heterocycles. The summed E-state index contributed by atoms with van der Waals surface area (Å²) in [7, 11) is 0. The van der Waals surface area contributed by atoms with Crippen LogP contribution in [0.3, 0.4) is 0 Å². The third kappa shape index (κ3) is 12.8. The zero-order valence-electron chi connectivity index (χ0n) is 54.5. The number of hydrogen-bond acceptors (Lipinski definition) is 3. The van der Waals surface area contributed by atoms with E-state index in [9.17, 15) is 5.41 Å². The van der Waals surface area contributed by atoms with Crippen molar-refractivity contribution in [2.75, 3.05) is 0 Å². The number of rotatable bonds is 4. The number of fused-ring (bicyclic) bond motifs is 5. The van der Waals surface area contributed by atoms with Crippen LogP contribution in [0.15, 0.2) is 153 Å². The van der Waals surface area contributed by atoms with Gasteiger partial charge in [0.25, 0.3) is 0 Å². The number of hydrogen-bond donors (Lipinski definition) is 0. The Morgan fingerprint density at radius 2 is 0.614 bits per heavy atom. The largest absolute Gasteiger partial charge is 2.00 e. The van der Waals surface area contributed by atoms with Gasteiger partial charge in [0.2, 0.25) is 0 Å². The van der Waals surface area contributed by atoms with Crippen LogP contribution in [-0.2, 0) is 60.4 Å². The molecule has 0 saturated carbocycles. The Kier molecular flexibility index (Phi) is 16.0. The van der Waals surface area contributed by atoms with Gasteiger partial charge in [-0.3, -0.25) is 5.87 Å². The van der Waals surface area contributed by atoms with Crippen molar-refractivity contribution in [3.8, 4) is 0 Å². The van der Waals surface area contributed by atoms with Crippen molar-refractivity contribution in [2.45, 2.75) is 209 Å². The molecule has 0 saturated heterocycles. The molecular weight excluding hydrogens is 1060 g/mol. The van der Waals surface area contributed by atoms with E-state index in [0.717, 1.165) is 78.1 Å². The van der Waals surface area contributed by atoms with Crippen LogP contribution in [-0.4, -0.2) is 23.0 Å². The molecular formula is C77H91CuN5. The SMILES string of the molecule is CC(C)(C)c1cc(C2=C3C=CC(=N3)C(c3cc(C(C)(C)C)cc(C(C)(C)C)c3)=C3C=CC(=N3)C(c3cc(C(C)(C)C)cc(C(C)(C)C)c3)=c3ccc([n-]3)=C(c3cc(C(C)(C)C)cc(C(C)(C)C)c3)C3=NC2=CC3=C=[N-])cc(C(C)(C)C)c1.[Cu+2]. The van der Waals surface area contributed by atoms with Crippen molar-refractivity contribution in [1.29, 1.82) is 0 Å². The minimum absolute atomic E-state index is 0. The molecule has 6 heteroatoms. The normalized spacial score (nSPS) is 16.4. The quantitative estimate of drug-likeness (QED) is 0.131. The first-order valence-electron chi connectivity index (χ1n) is 29.8. The molecule has 83 heavy (non-hydrogen) atoms. The second kappa shape index (κ2) is 21.3. The molecule has 1 radical (unpaired) electrons. The van der Waals surface area contributed by atoms with Gasteiger partial charge < -0.3 is 10.4 Å². The fourth-order valence-electron chi connectivity index (χ4n) is 11.0. The van der Waals surface area contributed by atoms with E-state index in [-0.39, 0.29) is 60.4 Å². The molecule has 1 aromatic heterocycles. The summed E-state index contributed by atoms with van der Waals surface area (Å²) in [6, 6.07) is 32.5. The van der Waals surface area contributed by atoms with Crippen molar-refractivity contribution in [3.05, 3.63) is 221 Å². The van der Waals surface area contributed by atoms with Crippen LogP contribution in [0.1, 0.15) is 233 Å². The predicted molar refractivity (Wildman–Crippen MR) is 354 cm³/mol. The Hall–Kier alpha value is -6.42. The van der Waals surface area contributed by atoms with E-state index in [1.165, 1.54) is 44.5 Å². The summed E-state index contributed by atoms with van der Waals surface area (Å²) in [5.74, 6) is 2.69. The zero-order chi connectivity index (χ0) is 60.4. The van der Waals surface area contributed by atoms with Crippen molar-refractivity contribution in [2.24, 2.45) is 15.0 Å². The summed E-state index contributed by atoms with van der Waals surface area (Å²) in [6.45, 7) is 54.8. The summed E-state index contributed by atoms with van der Waals surface area (Å²) in [4.78, 5) is 23.2. The standard InChI is InChI=1S/C77H91N5.Cu/c1-70(2,3)50-31-45(32-51(40-50)71(4,5)6)65-58-25-26-59(79-58)66(46-33-52(72(7,8)9)41-53(34-46)73(10,11)12)61-29-30-63(81-61)68(48-37-56(76(19,20)21)43-57(38-48)77(22,23)24)69-49(44-78)39-64(82-69)67(62-28-27-60(65)80-62)47-35-54(74(13,14)15)42-55(36-47)75(16,17)18;/h25-43H,1-24H3;/q-2;+2. The van der Waals surface area contributed by atoms with Crippen LogP contribution in [0.25, 0.3) is 27.7 Å². The van der Waals surface area contributed by atoms with Crippen LogP contribution in [0, 0.1) is 0 Å². The summed E-state index contributed by atoms with van der Waals surface area (Å²) in [6.07, 6.45) is 10.7. The molecule has 0 N–H and O–H groups in total. The van der Waals surface area contributed by atoms with Gasteiger partial charge in [-0.25, -0.2) is 15.0 Å². The first-order chi connectivity index (χ1) is 37.6. The average molecular weight is 1150 g/mol. The maximum atomic E-state index is 11.6. The van der Waals surface area contributed by atoms with Gasteiger partial charge in [-0.05, 0) is 152 Å². The summed E-state index contributed by atoms with van der Waals surface area (Å²) in [5.41, 5.74) is 21.2. The molecule has 0 unspecified atom stereocenters. The molecule has 435 valence electrons. The van der Waals surface area contributed by atoms with E-state index in [1.807, 2.05) is 6.08 Å². The van der Waals surface area contributed by atoms with E-state index in [2.05, 4.69) is 281 Å². The van der Waals surface area contributed by atoms with Crippen LogP contribution in [0.2, 0.25) is 0 Å². The Labute approximate surface area is 509 Å². The molecule has 0 spiro atoms. The second-order valence-corrected chi connectivity index (χ2v) is 31.9. The number of aromatic nitrogens is 1. The van der Waals surface area contributed by atoms with Crippen LogP contribution in [0.5, 0.6) is 0 Å². The third-order valence-corrected chi connectivity index (χ3v) is 16.7. The van der Waals surface area contributed by atoms with Crippen molar-refractivity contribution in [3.63, 3.8) is 0 Å². The molecule has 0 atom stereocenters. The first-order valence-corrected chi connectivity index (χ1v) is 29.8. The van der Waals surface area contributed by atoms with E-state index >= 15 is 0 Å². The average Bonchev–Trinajstić information content (AvgIpc) is 4.36.